The van der Waals surface area contributed by atoms with Gasteiger partial charge in [0, 0.05) is 12.1 Å². The molecule has 0 aliphatic rings. The summed E-state index contributed by atoms with van der Waals surface area (Å²) in [5, 5.41) is 13.8. The van der Waals surface area contributed by atoms with E-state index >= 15 is 0 Å². The van der Waals surface area contributed by atoms with E-state index in [4.69, 9.17) is 23.2 Å². The van der Waals surface area contributed by atoms with Gasteiger partial charge in [-0.3, -0.25) is 0 Å². The van der Waals surface area contributed by atoms with Crippen molar-refractivity contribution in [3.63, 3.8) is 0 Å². The number of rotatable bonds is 6. The topological polar surface area (TPSA) is 32.3 Å². The van der Waals surface area contributed by atoms with Crippen molar-refractivity contribution in [1.29, 1.82) is 0 Å². The summed E-state index contributed by atoms with van der Waals surface area (Å²) < 4.78 is 0. The van der Waals surface area contributed by atoms with E-state index in [2.05, 4.69) is 11.9 Å². The molecule has 0 saturated heterocycles. The third kappa shape index (κ3) is 4.32. The molecule has 0 fully saturated rings. The molecule has 94 valence electrons. The molecule has 0 aromatic heterocycles. The van der Waals surface area contributed by atoms with E-state index in [1.54, 1.807) is 12.1 Å². The van der Waals surface area contributed by atoms with Gasteiger partial charge in [-0.05, 0) is 31.0 Å². The summed E-state index contributed by atoms with van der Waals surface area (Å²) in [4.78, 5) is 0. The minimum atomic E-state index is -0.384. The average molecular weight is 274 g/mol. The summed E-state index contributed by atoms with van der Waals surface area (Å²) in [6.07, 6.45) is 2.44. The first kappa shape index (κ1) is 14.5. The molecule has 0 bridgehead atoms. The van der Waals surface area contributed by atoms with E-state index in [0.29, 0.717) is 23.0 Å². The standard InChI is InChI=1S/C13H17Cl2NO/c1-3-6-16-13(2,9-17)8-10-4-5-11(14)12(15)7-10/h3-5,7,16-17H,1,6,8-9H2,2H3. The maximum Gasteiger partial charge on any atom is 0.0613 e. The van der Waals surface area contributed by atoms with Gasteiger partial charge in [0.05, 0.1) is 16.7 Å². The molecular formula is C13H17Cl2NO. The number of aliphatic hydroxyl groups excluding tert-OH is 1. The second-order valence-corrected chi connectivity index (χ2v) is 5.13. The molecule has 0 heterocycles. The van der Waals surface area contributed by atoms with Crippen LogP contribution in [0.3, 0.4) is 0 Å². The number of aliphatic hydroxyl groups is 1. The molecule has 4 heteroatoms. The monoisotopic (exact) mass is 273 g/mol. The zero-order valence-electron chi connectivity index (χ0n) is 9.84. The summed E-state index contributed by atoms with van der Waals surface area (Å²) in [5.41, 5.74) is 0.651. The van der Waals surface area contributed by atoms with E-state index in [-0.39, 0.29) is 12.1 Å². The number of hydrogen-bond acceptors (Lipinski definition) is 2. The van der Waals surface area contributed by atoms with Crippen LogP contribution >= 0.6 is 23.2 Å². The Morgan fingerprint density at radius 1 is 1.41 bits per heavy atom. The zero-order chi connectivity index (χ0) is 12.9. The normalized spacial score (nSPS) is 14.4. The van der Waals surface area contributed by atoms with Crippen LogP contribution in [0.25, 0.3) is 0 Å². The molecule has 0 radical (unpaired) electrons. The maximum absolute atomic E-state index is 9.44. The van der Waals surface area contributed by atoms with Crippen molar-refractivity contribution in [1.82, 2.24) is 5.32 Å². The maximum atomic E-state index is 9.44. The second kappa shape index (κ2) is 6.41. The van der Waals surface area contributed by atoms with Gasteiger partial charge in [-0.2, -0.15) is 0 Å². The SMILES string of the molecule is C=CCNC(C)(CO)Cc1ccc(Cl)c(Cl)c1. The highest BCUT2D eigenvalue weighted by molar-refractivity contribution is 6.42. The summed E-state index contributed by atoms with van der Waals surface area (Å²) in [7, 11) is 0. The zero-order valence-corrected chi connectivity index (χ0v) is 11.4. The van der Waals surface area contributed by atoms with E-state index < -0.39 is 0 Å². The lowest BCUT2D eigenvalue weighted by Crippen LogP contribution is -2.47. The Kier molecular flexibility index (Phi) is 5.47. The molecule has 17 heavy (non-hydrogen) atoms. The first-order valence-electron chi connectivity index (χ1n) is 5.41. The Hall–Kier alpha value is -0.540. The van der Waals surface area contributed by atoms with Crippen molar-refractivity contribution in [2.75, 3.05) is 13.2 Å². The Morgan fingerprint density at radius 2 is 2.12 bits per heavy atom. The molecule has 2 N–H and O–H groups in total. The molecule has 1 unspecified atom stereocenters. The van der Waals surface area contributed by atoms with Crippen LogP contribution in [0.5, 0.6) is 0 Å². The van der Waals surface area contributed by atoms with Gasteiger partial charge in [0.15, 0.2) is 0 Å². The van der Waals surface area contributed by atoms with Gasteiger partial charge >= 0.3 is 0 Å². The van der Waals surface area contributed by atoms with Crippen molar-refractivity contribution in [2.24, 2.45) is 0 Å². The molecule has 2 nitrogen and oxygen atoms in total. The van der Waals surface area contributed by atoms with Crippen molar-refractivity contribution >= 4 is 23.2 Å². The smallest absolute Gasteiger partial charge is 0.0613 e. The molecule has 0 aliphatic heterocycles. The Labute approximate surface area is 112 Å². The predicted molar refractivity (Wildman–Crippen MR) is 73.9 cm³/mol. The molecule has 1 aromatic rings. The van der Waals surface area contributed by atoms with Crippen LogP contribution in [0.4, 0.5) is 0 Å². The second-order valence-electron chi connectivity index (χ2n) is 4.31. The van der Waals surface area contributed by atoms with Gasteiger partial charge < -0.3 is 10.4 Å². The molecule has 1 rings (SSSR count). The fourth-order valence-corrected chi connectivity index (χ4v) is 1.91. The molecule has 1 atom stereocenters. The molecule has 1 aromatic carbocycles. The van der Waals surface area contributed by atoms with E-state index in [0.717, 1.165) is 5.56 Å². The van der Waals surface area contributed by atoms with Crippen LogP contribution in [-0.2, 0) is 6.42 Å². The van der Waals surface area contributed by atoms with Crippen LogP contribution in [0.15, 0.2) is 30.9 Å². The third-order valence-electron chi connectivity index (χ3n) is 2.60. The first-order chi connectivity index (χ1) is 8.00. The van der Waals surface area contributed by atoms with Gasteiger partial charge in [-0.1, -0.05) is 35.3 Å². The van der Waals surface area contributed by atoms with Crippen LogP contribution in [0.2, 0.25) is 10.0 Å². The first-order valence-corrected chi connectivity index (χ1v) is 6.17. The minimum absolute atomic E-state index is 0.0427. The Morgan fingerprint density at radius 3 is 2.65 bits per heavy atom. The van der Waals surface area contributed by atoms with Gasteiger partial charge in [-0.15, -0.1) is 6.58 Å². The van der Waals surface area contributed by atoms with Gasteiger partial charge in [0.1, 0.15) is 0 Å². The van der Waals surface area contributed by atoms with Crippen molar-refractivity contribution in [3.8, 4) is 0 Å². The van der Waals surface area contributed by atoms with Crippen LogP contribution in [0.1, 0.15) is 12.5 Å². The van der Waals surface area contributed by atoms with E-state index in [9.17, 15) is 5.11 Å². The van der Waals surface area contributed by atoms with Crippen LogP contribution in [0, 0.1) is 0 Å². The average Bonchev–Trinajstić information content (AvgIpc) is 2.31. The lowest BCUT2D eigenvalue weighted by atomic mass is 9.93. The van der Waals surface area contributed by atoms with Crippen molar-refractivity contribution in [3.05, 3.63) is 46.5 Å². The molecule has 0 amide bonds. The highest BCUT2D eigenvalue weighted by atomic mass is 35.5. The molecule has 0 saturated carbocycles. The van der Waals surface area contributed by atoms with Gasteiger partial charge in [0.2, 0.25) is 0 Å². The molecular weight excluding hydrogens is 257 g/mol. The van der Waals surface area contributed by atoms with Crippen LogP contribution in [-0.4, -0.2) is 23.8 Å². The molecule has 0 spiro atoms. The van der Waals surface area contributed by atoms with Gasteiger partial charge in [0.25, 0.3) is 0 Å². The lowest BCUT2D eigenvalue weighted by Gasteiger charge is -2.28. The van der Waals surface area contributed by atoms with E-state index in [1.165, 1.54) is 0 Å². The number of benzene rings is 1. The summed E-state index contributed by atoms with van der Waals surface area (Å²) in [5.74, 6) is 0. The Balaban J connectivity index is 2.79. The van der Waals surface area contributed by atoms with Crippen LogP contribution < -0.4 is 5.32 Å². The molecule has 0 aliphatic carbocycles. The fourth-order valence-electron chi connectivity index (χ4n) is 1.59. The van der Waals surface area contributed by atoms with Crippen molar-refractivity contribution in [2.45, 2.75) is 18.9 Å². The third-order valence-corrected chi connectivity index (χ3v) is 3.34. The minimum Gasteiger partial charge on any atom is -0.394 e. The fraction of sp³-hybridized carbons (Fsp3) is 0.385. The lowest BCUT2D eigenvalue weighted by molar-refractivity contribution is 0.178. The Bertz CT molecular complexity index is 395. The predicted octanol–water partition coefficient (Wildman–Crippen LogP) is 3.06. The number of nitrogens with one attached hydrogen (secondary N) is 1. The van der Waals surface area contributed by atoms with E-state index in [1.807, 2.05) is 19.1 Å². The quantitative estimate of drug-likeness (QED) is 0.781. The highest BCUT2D eigenvalue weighted by Gasteiger charge is 2.22. The number of hydrogen-bond donors (Lipinski definition) is 2. The summed E-state index contributed by atoms with van der Waals surface area (Å²) in [6, 6.07) is 5.51. The highest BCUT2D eigenvalue weighted by Crippen LogP contribution is 2.24. The number of halogens is 2. The van der Waals surface area contributed by atoms with Gasteiger partial charge in [-0.25, -0.2) is 0 Å². The van der Waals surface area contributed by atoms with Crippen molar-refractivity contribution < 1.29 is 5.11 Å². The summed E-state index contributed by atoms with van der Waals surface area (Å²) in [6.45, 7) is 6.30. The largest absolute Gasteiger partial charge is 0.394 e. The summed E-state index contributed by atoms with van der Waals surface area (Å²) >= 11 is 11.8.